The lowest BCUT2D eigenvalue weighted by molar-refractivity contribution is 0.158. The van der Waals surface area contributed by atoms with E-state index < -0.39 is 0 Å². The molecule has 1 saturated heterocycles. The minimum atomic E-state index is 0.323. The first-order valence-corrected chi connectivity index (χ1v) is 6.87. The molecule has 2 unspecified atom stereocenters. The molecule has 1 aliphatic heterocycles. The lowest BCUT2D eigenvalue weighted by atomic mass is 9.96. The first-order chi connectivity index (χ1) is 8.67. The van der Waals surface area contributed by atoms with E-state index in [4.69, 9.17) is 10.5 Å². The molecule has 0 radical (unpaired) electrons. The van der Waals surface area contributed by atoms with Crippen LogP contribution in [0.15, 0.2) is 24.3 Å². The summed E-state index contributed by atoms with van der Waals surface area (Å²) in [5.74, 6) is 1.66. The van der Waals surface area contributed by atoms with Crippen LogP contribution in [0.4, 0.5) is 0 Å². The van der Waals surface area contributed by atoms with E-state index in [1.165, 1.54) is 5.56 Å². The summed E-state index contributed by atoms with van der Waals surface area (Å²) >= 11 is 0. The number of piperidine rings is 1. The average molecular weight is 248 g/mol. The predicted molar refractivity (Wildman–Crippen MR) is 74.6 cm³/mol. The standard InChI is InChI=1S/C15H24N2O/c1-3-18-15-6-4-5-13(8-15)10-17-9-12(2)7-14(16)11-17/h4-6,8,12,14H,3,7,9-11,16H2,1-2H3. The molecule has 1 aromatic rings. The van der Waals surface area contributed by atoms with Crippen LogP contribution in [0.1, 0.15) is 25.8 Å². The Morgan fingerprint density at radius 2 is 2.22 bits per heavy atom. The molecule has 1 aliphatic rings. The Hall–Kier alpha value is -1.06. The summed E-state index contributed by atoms with van der Waals surface area (Å²) in [5.41, 5.74) is 7.39. The zero-order valence-electron chi connectivity index (χ0n) is 11.4. The van der Waals surface area contributed by atoms with E-state index in [0.29, 0.717) is 12.0 Å². The zero-order chi connectivity index (χ0) is 13.0. The number of rotatable bonds is 4. The predicted octanol–water partition coefficient (Wildman–Crippen LogP) is 2.25. The molecule has 0 aromatic heterocycles. The second-order valence-corrected chi connectivity index (χ2v) is 5.38. The molecule has 3 heteroatoms. The molecule has 3 nitrogen and oxygen atoms in total. The summed E-state index contributed by atoms with van der Waals surface area (Å²) in [5, 5.41) is 0. The summed E-state index contributed by atoms with van der Waals surface area (Å²) in [4.78, 5) is 2.45. The fraction of sp³-hybridized carbons (Fsp3) is 0.600. The van der Waals surface area contributed by atoms with E-state index in [2.05, 4.69) is 30.0 Å². The molecule has 0 spiro atoms. The van der Waals surface area contributed by atoms with Gasteiger partial charge in [-0.15, -0.1) is 0 Å². The van der Waals surface area contributed by atoms with Crippen molar-refractivity contribution >= 4 is 0 Å². The molecule has 2 atom stereocenters. The summed E-state index contributed by atoms with van der Waals surface area (Å²) in [6, 6.07) is 8.69. The van der Waals surface area contributed by atoms with Gasteiger partial charge in [-0.05, 0) is 37.0 Å². The molecular weight excluding hydrogens is 224 g/mol. The monoisotopic (exact) mass is 248 g/mol. The Kier molecular flexibility index (Phi) is 4.61. The first-order valence-electron chi connectivity index (χ1n) is 6.87. The molecule has 100 valence electrons. The molecule has 2 N–H and O–H groups in total. The third kappa shape index (κ3) is 3.72. The molecule has 1 fully saturated rings. The summed E-state index contributed by atoms with van der Waals surface area (Å²) in [7, 11) is 0. The topological polar surface area (TPSA) is 38.5 Å². The number of likely N-dealkylation sites (tertiary alicyclic amines) is 1. The largest absolute Gasteiger partial charge is 0.494 e. The van der Waals surface area contributed by atoms with Crippen molar-refractivity contribution in [3.05, 3.63) is 29.8 Å². The average Bonchev–Trinajstić information content (AvgIpc) is 2.28. The van der Waals surface area contributed by atoms with Crippen LogP contribution in [0.3, 0.4) is 0 Å². The third-order valence-corrected chi connectivity index (χ3v) is 3.38. The van der Waals surface area contributed by atoms with Crippen LogP contribution >= 0.6 is 0 Å². The Labute approximate surface area is 110 Å². The van der Waals surface area contributed by atoms with Gasteiger partial charge in [0.15, 0.2) is 0 Å². The van der Waals surface area contributed by atoms with Gasteiger partial charge in [0, 0.05) is 25.7 Å². The first kappa shape index (κ1) is 13.4. The maximum Gasteiger partial charge on any atom is 0.119 e. The van der Waals surface area contributed by atoms with Crippen molar-refractivity contribution in [1.29, 1.82) is 0 Å². The SMILES string of the molecule is CCOc1cccc(CN2CC(C)CC(N)C2)c1. The van der Waals surface area contributed by atoms with Gasteiger partial charge >= 0.3 is 0 Å². The molecule has 1 aromatic carbocycles. The molecule has 2 rings (SSSR count). The molecular formula is C15H24N2O. The molecule has 18 heavy (non-hydrogen) atoms. The van der Waals surface area contributed by atoms with Gasteiger partial charge in [0.1, 0.15) is 5.75 Å². The zero-order valence-corrected chi connectivity index (χ0v) is 11.4. The summed E-state index contributed by atoms with van der Waals surface area (Å²) in [6.45, 7) is 8.13. The normalized spacial score (nSPS) is 25.1. The molecule has 0 amide bonds. The maximum atomic E-state index is 6.08. The number of ether oxygens (including phenoxy) is 1. The number of hydrogen-bond donors (Lipinski definition) is 1. The van der Waals surface area contributed by atoms with Crippen LogP contribution in [0.5, 0.6) is 5.75 Å². The Morgan fingerprint density at radius 1 is 1.39 bits per heavy atom. The van der Waals surface area contributed by atoms with Crippen molar-refractivity contribution in [3.63, 3.8) is 0 Å². The van der Waals surface area contributed by atoms with Gasteiger partial charge < -0.3 is 10.5 Å². The lowest BCUT2D eigenvalue weighted by Crippen LogP contribution is -2.45. The number of benzene rings is 1. The second-order valence-electron chi connectivity index (χ2n) is 5.38. The van der Waals surface area contributed by atoms with Gasteiger partial charge in [-0.25, -0.2) is 0 Å². The second kappa shape index (κ2) is 6.21. The quantitative estimate of drug-likeness (QED) is 0.888. The van der Waals surface area contributed by atoms with E-state index in [1.807, 2.05) is 13.0 Å². The van der Waals surface area contributed by atoms with Gasteiger partial charge in [0.05, 0.1) is 6.61 Å². The Bertz CT molecular complexity index is 371. The lowest BCUT2D eigenvalue weighted by Gasteiger charge is -2.34. The number of hydrogen-bond acceptors (Lipinski definition) is 3. The van der Waals surface area contributed by atoms with Crippen LogP contribution in [0.25, 0.3) is 0 Å². The van der Waals surface area contributed by atoms with Crippen molar-refractivity contribution < 1.29 is 4.74 Å². The fourth-order valence-electron chi connectivity index (χ4n) is 2.80. The highest BCUT2D eigenvalue weighted by molar-refractivity contribution is 5.28. The van der Waals surface area contributed by atoms with Crippen molar-refractivity contribution in [2.24, 2.45) is 11.7 Å². The molecule has 0 aliphatic carbocycles. The van der Waals surface area contributed by atoms with Gasteiger partial charge in [-0.1, -0.05) is 19.1 Å². The molecule has 0 bridgehead atoms. The fourth-order valence-corrected chi connectivity index (χ4v) is 2.80. The summed E-state index contributed by atoms with van der Waals surface area (Å²) in [6.07, 6.45) is 1.15. The van der Waals surface area contributed by atoms with Gasteiger partial charge in [0.2, 0.25) is 0 Å². The van der Waals surface area contributed by atoms with E-state index in [1.54, 1.807) is 0 Å². The highest BCUT2D eigenvalue weighted by Crippen LogP contribution is 2.19. The summed E-state index contributed by atoms with van der Waals surface area (Å²) < 4.78 is 5.53. The van der Waals surface area contributed by atoms with Crippen molar-refractivity contribution in [1.82, 2.24) is 4.90 Å². The smallest absolute Gasteiger partial charge is 0.119 e. The van der Waals surface area contributed by atoms with Gasteiger partial charge in [-0.3, -0.25) is 4.90 Å². The minimum Gasteiger partial charge on any atom is -0.494 e. The van der Waals surface area contributed by atoms with Crippen LogP contribution in [-0.4, -0.2) is 30.6 Å². The third-order valence-electron chi connectivity index (χ3n) is 3.38. The van der Waals surface area contributed by atoms with Crippen molar-refractivity contribution in [2.45, 2.75) is 32.9 Å². The number of nitrogens with zero attached hydrogens (tertiary/aromatic N) is 1. The minimum absolute atomic E-state index is 0.323. The van der Waals surface area contributed by atoms with E-state index in [0.717, 1.165) is 38.4 Å². The maximum absolute atomic E-state index is 6.08. The van der Waals surface area contributed by atoms with E-state index >= 15 is 0 Å². The highest BCUT2D eigenvalue weighted by Gasteiger charge is 2.21. The van der Waals surface area contributed by atoms with Gasteiger partial charge in [-0.2, -0.15) is 0 Å². The van der Waals surface area contributed by atoms with Crippen LogP contribution in [-0.2, 0) is 6.54 Å². The van der Waals surface area contributed by atoms with Crippen LogP contribution < -0.4 is 10.5 Å². The van der Waals surface area contributed by atoms with E-state index in [-0.39, 0.29) is 0 Å². The van der Waals surface area contributed by atoms with Gasteiger partial charge in [0.25, 0.3) is 0 Å². The number of nitrogens with two attached hydrogens (primary N) is 1. The molecule has 1 heterocycles. The Balaban J connectivity index is 1.97. The molecule has 0 saturated carbocycles. The van der Waals surface area contributed by atoms with E-state index in [9.17, 15) is 0 Å². The Morgan fingerprint density at radius 3 is 2.94 bits per heavy atom. The van der Waals surface area contributed by atoms with Crippen molar-refractivity contribution in [2.75, 3.05) is 19.7 Å². The van der Waals surface area contributed by atoms with Crippen molar-refractivity contribution in [3.8, 4) is 5.75 Å². The van der Waals surface area contributed by atoms with Crippen LogP contribution in [0, 0.1) is 5.92 Å². The van der Waals surface area contributed by atoms with Crippen LogP contribution in [0.2, 0.25) is 0 Å². The highest BCUT2D eigenvalue weighted by atomic mass is 16.5.